The molecule has 0 N–H and O–H groups in total. The van der Waals surface area contributed by atoms with Crippen LogP contribution in [0.1, 0.15) is 151 Å². The lowest BCUT2D eigenvalue weighted by atomic mass is 9.83. The molecule has 4 heteroatoms. The molecule has 0 aliphatic heterocycles. The van der Waals surface area contributed by atoms with Crippen molar-refractivity contribution < 1.29 is 0 Å². The van der Waals surface area contributed by atoms with Gasteiger partial charge in [-0.3, -0.25) is 0 Å². The van der Waals surface area contributed by atoms with Gasteiger partial charge < -0.3 is 18.9 Å². The zero-order valence-corrected chi connectivity index (χ0v) is 54.2. The van der Waals surface area contributed by atoms with Crippen LogP contribution in [0, 0.1) is 0 Å². The van der Waals surface area contributed by atoms with Crippen LogP contribution in [0.5, 0.6) is 0 Å². The van der Waals surface area contributed by atoms with Crippen molar-refractivity contribution in [1.82, 2.24) is 9.13 Å². The molecule has 0 amide bonds. The van der Waals surface area contributed by atoms with Gasteiger partial charge in [0.25, 0.3) is 0 Å². The topological polar surface area (TPSA) is 16.3 Å². The molecule has 2 aromatic heterocycles. The molecule has 0 saturated heterocycles. The fraction of sp³-hybridized carbons (Fsp3) is 0.256. The van der Waals surface area contributed by atoms with Gasteiger partial charge in [0.1, 0.15) is 0 Å². The van der Waals surface area contributed by atoms with Gasteiger partial charge in [-0.1, -0.05) is 203 Å². The maximum Gasteiger partial charge on any atom is 0.0562 e. The summed E-state index contributed by atoms with van der Waals surface area (Å²) in [6.45, 7) is 23.7. The summed E-state index contributed by atoms with van der Waals surface area (Å²) in [7, 11) is 0. The monoisotopic (exact) mass is 1170 g/mol. The first kappa shape index (κ1) is 56.1. The third kappa shape index (κ3) is 8.67. The van der Waals surface area contributed by atoms with E-state index in [9.17, 15) is 0 Å². The summed E-state index contributed by atoms with van der Waals surface area (Å²) in [5.41, 5.74) is 26.0. The summed E-state index contributed by atoms with van der Waals surface area (Å²) in [5, 5.41) is 13.0. The number of nitrogens with zero attached hydrogens (tertiary/aromatic N) is 4. The Morgan fingerprint density at radius 2 is 0.667 bits per heavy atom. The molecule has 14 aromatic rings. The van der Waals surface area contributed by atoms with Crippen LogP contribution < -0.4 is 9.80 Å². The highest BCUT2D eigenvalue weighted by molar-refractivity contribution is 6.31. The molecule has 2 aliphatic carbocycles. The van der Waals surface area contributed by atoms with Crippen molar-refractivity contribution in [1.29, 1.82) is 0 Å². The number of aromatic nitrogens is 2. The Morgan fingerprint density at radius 1 is 0.311 bits per heavy atom. The van der Waals surface area contributed by atoms with Gasteiger partial charge in [-0.25, -0.2) is 0 Å². The molecule has 0 bridgehead atoms. The number of benzene rings is 12. The highest BCUT2D eigenvalue weighted by atomic mass is 15.2. The van der Waals surface area contributed by atoms with Gasteiger partial charge in [0.2, 0.25) is 0 Å². The second-order valence-corrected chi connectivity index (χ2v) is 28.8. The zero-order chi connectivity index (χ0) is 61.5. The second-order valence-electron chi connectivity index (χ2n) is 28.8. The van der Waals surface area contributed by atoms with Gasteiger partial charge >= 0.3 is 0 Å². The third-order valence-corrected chi connectivity index (χ3v) is 20.6. The van der Waals surface area contributed by atoms with Gasteiger partial charge in [-0.05, 0) is 213 Å². The van der Waals surface area contributed by atoms with E-state index in [1.165, 1.54) is 192 Å². The molecule has 446 valence electrons. The molecule has 0 atom stereocenters. The summed E-state index contributed by atoms with van der Waals surface area (Å²) in [6.07, 6.45) is 9.09. The predicted octanol–water partition coefficient (Wildman–Crippen LogP) is 24.3. The van der Waals surface area contributed by atoms with E-state index in [0.717, 1.165) is 25.7 Å². The van der Waals surface area contributed by atoms with Crippen LogP contribution in [-0.4, -0.2) is 9.13 Å². The van der Waals surface area contributed by atoms with Crippen molar-refractivity contribution in [3.63, 3.8) is 0 Å². The first-order valence-corrected chi connectivity index (χ1v) is 33.5. The molecule has 0 saturated carbocycles. The minimum atomic E-state index is -0.0740. The van der Waals surface area contributed by atoms with E-state index in [0.29, 0.717) is 0 Å². The van der Waals surface area contributed by atoms with Crippen molar-refractivity contribution >= 4 is 110 Å². The Bertz CT molecular complexity index is 4860. The van der Waals surface area contributed by atoms with Crippen LogP contribution in [0.15, 0.2) is 206 Å². The van der Waals surface area contributed by atoms with E-state index in [1.807, 2.05) is 0 Å². The molecule has 4 nitrogen and oxygen atoms in total. The van der Waals surface area contributed by atoms with Crippen LogP contribution in [0.25, 0.3) is 87.3 Å². The van der Waals surface area contributed by atoms with E-state index in [-0.39, 0.29) is 22.7 Å². The standard InChI is InChI=1S/C86H82N4/c1-53(2)65-51-79(89(69-41-23-29-55-27-11-13-31-57(55)69)77-45-25-43-75-83(77)61-33-15-19-37-71(61)87(75)73-39-21-17-35-67(73)85(5,6)7)63-50-48-60-66(54(3)4)52-80(64-49-47-59(65)81(63)82(60)64)90(70-42-24-30-56-28-12-14-32-58(56)70)78-46-26-44-76-84(78)62-34-16-20-38-72(62)88(76)74-40-22-18-36-68(74)86(8,9)10/h15-26,29-30,33-54H,11-14,27-28,31-32H2,1-10H3. The quantitative estimate of drug-likeness (QED) is 0.127. The molecule has 0 spiro atoms. The number of hydrogen-bond donors (Lipinski definition) is 0. The number of para-hydroxylation sites is 4. The lowest BCUT2D eigenvalue weighted by Crippen LogP contribution is -2.17. The first-order valence-electron chi connectivity index (χ1n) is 33.5. The zero-order valence-electron chi connectivity index (χ0n) is 54.2. The first-order chi connectivity index (χ1) is 43.7. The number of fused-ring (bicyclic) bond motifs is 8. The van der Waals surface area contributed by atoms with Crippen molar-refractivity contribution in [2.24, 2.45) is 0 Å². The number of anilines is 6. The maximum absolute atomic E-state index is 2.73. The molecule has 0 unspecified atom stereocenters. The summed E-state index contributed by atoms with van der Waals surface area (Å²) < 4.78 is 5.12. The van der Waals surface area contributed by atoms with Gasteiger partial charge in [0.15, 0.2) is 0 Å². The Hall–Kier alpha value is -9.12. The summed E-state index contributed by atoms with van der Waals surface area (Å²) in [4.78, 5) is 5.47. The molecule has 0 radical (unpaired) electrons. The highest BCUT2D eigenvalue weighted by Gasteiger charge is 2.33. The van der Waals surface area contributed by atoms with Crippen LogP contribution in [0.3, 0.4) is 0 Å². The van der Waals surface area contributed by atoms with Crippen molar-refractivity contribution in [3.8, 4) is 11.4 Å². The Balaban J connectivity index is 1.03. The molecule has 90 heavy (non-hydrogen) atoms. The van der Waals surface area contributed by atoms with Crippen LogP contribution in [0.2, 0.25) is 0 Å². The predicted molar refractivity (Wildman–Crippen MR) is 387 cm³/mol. The van der Waals surface area contributed by atoms with E-state index in [4.69, 9.17) is 0 Å². The van der Waals surface area contributed by atoms with Gasteiger partial charge in [-0.2, -0.15) is 0 Å². The van der Waals surface area contributed by atoms with Crippen LogP contribution in [-0.2, 0) is 36.5 Å². The third-order valence-electron chi connectivity index (χ3n) is 20.6. The molecule has 0 fully saturated rings. The number of aryl methyl sites for hydroxylation is 2. The van der Waals surface area contributed by atoms with Gasteiger partial charge in [0, 0.05) is 55.1 Å². The molecular weight excluding hydrogens is 1090 g/mol. The second kappa shape index (κ2) is 21.3. The number of rotatable bonds is 10. The van der Waals surface area contributed by atoms with Crippen LogP contribution in [0.4, 0.5) is 34.1 Å². The lowest BCUT2D eigenvalue weighted by molar-refractivity contribution is 0.587. The Labute approximate surface area is 531 Å². The molecule has 2 heterocycles. The Morgan fingerprint density at radius 3 is 1.09 bits per heavy atom. The molecule has 2 aliphatic rings. The fourth-order valence-electron chi connectivity index (χ4n) is 16.6. The van der Waals surface area contributed by atoms with Crippen LogP contribution >= 0.6 is 0 Å². The maximum atomic E-state index is 2.73. The average Bonchev–Trinajstić information content (AvgIpc) is 1.70. The van der Waals surface area contributed by atoms with Crippen molar-refractivity contribution in [2.45, 2.75) is 143 Å². The normalized spacial score (nSPS) is 14.0. The lowest BCUT2D eigenvalue weighted by Gasteiger charge is -2.34. The van der Waals surface area contributed by atoms with Crippen molar-refractivity contribution in [3.05, 3.63) is 251 Å². The average molecular weight is 1170 g/mol. The molecule has 12 aromatic carbocycles. The summed E-state index contributed by atoms with van der Waals surface area (Å²) in [6, 6.07) is 80.4. The fourth-order valence-corrected chi connectivity index (χ4v) is 16.6. The molecule has 16 rings (SSSR count). The van der Waals surface area contributed by atoms with Gasteiger partial charge in [0.05, 0.1) is 44.8 Å². The summed E-state index contributed by atoms with van der Waals surface area (Å²) in [5.74, 6) is 0.474. The SMILES string of the molecule is CC(C)c1cc(N(c2cccc3c2CCCC3)c2cccc3c2c2ccccc2n3-c2ccccc2C(C)(C)C)c2ccc3c(C(C)C)cc(N(c4cccc5c4CCCC5)c4cccc5c4c4ccccc4n5-c4ccccc4C(C)(C)C)c4ccc1c2c34. The van der Waals surface area contributed by atoms with E-state index < -0.39 is 0 Å². The van der Waals surface area contributed by atoms with Crippen molar-refractivity contribution in [2.75, 3.05) is 9.80 Å². The van der Waals surface area contributed by atoms with E-state index in [1.54, 1.807) is 0 Å². The van der Waals surface area contributed by atoms with Gasteiger partial charge in [-0.15, -0.1) is 0 Å². The minimum absolute atomic E-state index is 0.0740. The number of hydrogen-bond acceptors (Lipinski definition) is 2. The van der Waals surface area contributed by atoms with E-state index >= 15 is 0 Å². The smallest absolute Gasteiger partial charge is 0.0562 e. The largest absolute Gasteiger partial charge is 0.309 e. The van der Waals surface area contributed by atoms with E-state index in [2.05, 4.69) is 294 Å². The Kier molecular flexibility index (Phi) is 13.3. The highest BCUT2D eigenvalue weighted by Crippen LogP contribution is 2.55. The minimum Gasteiger partial charge on any atom is -0.309 e. The molecular formula is C86H82N4. The summed E-state index contributed by atoms with van der Waals surface area (Å²) >= 11 is 0.